The van der Waals surface area contributed by atoms with Crippen LogP contribution in [0, 0.1) is 0 Å². The molecule has 1 amide bonds. The molecular formula is C14H18ClN3O2. The van der Waals surface area contributed by atoms with Crippen LogP contribution in [0.2, 0.25) is 0 Å². The Bertz CT molecular complexity index is 462. The van der Waals surface area contributed by atoms with Crippen LogP contribution in [0.1, 0.15) is 5.56 Å². The summed E-state index contributed by atoms with van der Waals surface area (Å²) in [6.07, 6.45) is 8.22. The Labute approximate surface area is 124 Å². The molecule has 0 bridgehead atoms. The second-order valence-electron chi connectivity index (χ2n) is 3.92. The molecule has 6 heteroatoms. The number of hydrogen-bond acceptors (Lipinski definition) is 3. The first kappa shape index (κ1) is 17.9. The molecule has 0 atom stereocenters. The molecule has 108 valence electrons. The molecule has 1 aromatic heterocycles. The van der Waals surface area contributed by atoms with E-state index >= 15 is 0 Å². The third kappa shape index (κ3) is 5.67. The number of rotatable bonds is 7. The van der Waals surface area contributed by atoms with E-state index < -0.39 is 0 Å². The first-order chi connectivity index (χ1) is 9.21. The molecule has 0 spiro atoms. The topological polar surface area (TPSA) is 56.8 Å². The van der Waals surface area contributed by atoms with Gasteiger partial charge in [0.2, 0.25) is 6.54 Å². The standard InChI is InChI=1S/C14H17N3O2.ClH/c1-3-7-17(8-4-2)14(18)12-16-9-5-13(6-10-16)11-15-19;/h3-6,9-11H,1-2,7-8,12H2;1H. The Hall–Kier alpha value is -2.14. The van der Waals surface area contributed by atoms with Crippen molar-refractivity contribution < 1.29 is 27.0 Å². The number of carbonyl (C=O) groups is 1. The second kappa shape index (κ2) is 9.75. The maximum absolute atomic E-state index is 12.0. The van der Waals surface area contributed by atoms with Gasteiger partial charge in [-0.15, -0.1) is 13.2 Å². The molecule has 0 radical (unpaired) electrons. The van der Waals surface area contributed by atoms with Crippen molar-refractivity contribution >= 4 is 12.1 Å². The lowest BCUT2D eigenvalue weighted by atomic mass is 10.3. The quantitative estimate of drug-likeness (QED) is 0.208. The molecule has 0 aliphatic rings. The summed E-state index contributed by atoms with van der Waals surface area (Å²) in [5.74, 6) is -0.00613. The van der Waals surface area contributed by atoms with Gasteiger partial charge in [-0.05, 0) is 0 Å². The third-order valence-corrected chi connectivity index (χ3v) is 2.49. The summed E-state index contributed by atoms with van der Waals surface area (Å²) < 4.78 is 1.76. The van der Waals surface area contributed by atoms with Gasteiger partial charge < -0.3 is 22.5 Å². The molecule has 0 aromatic carbocycles. The maximum Gasteiger partial charge on any atom is 0.289 e. The fourth-order valence-corrected chi connectivity index (χ4v) is 1.57. The summed E-state index contributed by atoms with van der Waals surface area (Å²) in [7, 11) is 0. The molecule has 1 aromatic rings. The van der Waals surface area contributed by atoms with Gasteiger partial charge in [0.25, 0.3) is 5.91 Å². The molecule has 5 nitrogen and oxygen atoms in total. The Balaban J connectivity index is 0.00000361. The molecule has 1 rings (SSSR count). The van der Waals surface area contributed by atoms with Crippen molar-refractivity contribution in [3.8, 4) is 0 Å². The van der Waals surface area contributed by atoms with Crippen LogP contribution in [0.5, 0.6) is 0 Å². The number of oxime groups is 1. The van der Waals surface area contributed by atoms with Gasteiger partial charge in [0.15, 0.2) is 12.4 Å². The smallest absolute Gasteiger partial charge is 0.289 e. The van der Waals surface area contributed by atoms with E-state index in [0.29, 0.717) is 13.1 Å². The Morgan fingerprint density at radius 3 is 2.30 bits per heavy atom. The van der Waals surface area contributed by atoms with Crippen LogP contribution in [-0.2, 0) is 11.3 Å². The Kier molecular flexibility index (Phi) is 8.70. The summed E-state index contributed by atoms with van der Waals surface area (Å²) in [5.41, 5.74) is 0.764. The minimum Gasteiger partial charge on any atom is -1.00 e. The molecule has 0 unspecified atom stereocenters. The highest BCUT2D eigenvalue weighted by atomic mass is 35.5. The van der Waals surface area contributed by atoms with E-state index in [1.165, 1.54) is 6.21 Å². The van der Waals surface area contributed by atoms with E-state index in [-0.39, 0.29) is 24.9 Å². The summed E-state index contributed by atoms with van der Waals surface area (Å²) in [6.45, 7) is 8.51. The lowest BCUT2D eigenvalue weighted by Gasteiger charge is -2.17. The number of pyridine rings is 1. The minimum absolute atomic E-state index is 0. The van der Waals surface area contributed by atoms with Crippen molar-refractivity contribution in [3.05, 3.63) is 55.4 Å². The van der Waals surface area contributed by atoms with Gasteiger partial charge in [-0.1, -0.05) is 17.3 Å². The number of halogens is 1. The van der Waals surface area contributed by atoms with E-state index in [1.54, 1.807) is 46.1 Å². The van der Waals surface area contributed by atoms with E-state index in [9.17, 15) is 4.79 Å². The van der Waals surface area contributed by atoms with Crippen molar-refractivity contribution in [1.29, 1.82) is 0 Å². The van der Waals surface area contributed by atoms with Crippen LogP contribution in [0.25, 0.3) is 0 Å². The van der Waals surface area contributed by atoms with Crippen molar-refractivity contribution in [2.75, 3.05) is 13.1 Å². The van der Waals surface area contributed by atoms with Crippen LogP contribution in [-0.4, -0.2) is 35.3 Å². The molecule has 0 saturated carbocycles. The molecule has 0 fully saturated rings. The highest BCUT2D eigenvalue weighted by Crippen LogP contribution is 1.94. The second-order valence-corrected chi connectivity index (χ2v) is 3.92. The maximum atomic E-state index is 12.0. The normalized spacial score (nSPS) is 9.80. The van der Waals surface area contributed by atoms with Gasteiger partial charge in [-0.25, -0.2) is 0 Å². The summed E-state index contributed by atoms with van der Waals surface area (Å²) in [4.78, 5) is 13.7. The van der Waals surface area contributed by atoms with Gasteiger partial charge in [0.1, 0.15) is 0 Å². The number of nitrogens with zero attached hydrogens (tertiary/aromatic N) is 3. The van der Waals surface area contributed by atoms with Crippen molar-refractivity contribution in [3.63, 3.8) is 0 Å². The Morgan fingerprint density at radius 2 is 1.85 bits per heavy atom. The van der Waals surface area contributed by atoms with Crippen LogP contribution >= 0.6 is 0 Å². The Morgan fingerprint density at radius 1 is 1.30 bits per heavy atom. The zero-order valence-electron chi connectivity index (χ0n) is 11.2. The summed E-state index contributed by atoms with van der Waals surface area (Å²) in [6, 6.07) is 3.52. The van der Waals surface area contributed by atoms with Crippen molar-refractivity contribution in [2.24, 2.45) is 5.16 Å². The molecule has 1 N–H and O–H groups in total. The molecule has 0 saturated heterocycles. The molecule has 1 heterocycles. The predicted octanol–water partition coefficient (Wildman–Crippen LogP) is -2.01. The first-order valence-corrected chi connectivity index (χ1v) is 5.87. The fourth-order valence-electron chi connectivity index (χ4n) is 1.57. The van der Waals surface area contributed by atoms with Crippen molar-refractivity contribution in [2.45, 2.75) is 6.54 Å². The number of aromatic nitrogens is 1. The zero-order chi connectivity index (χ0) is 14.1. The molecule has 20 heavy (non-hydrogen) atoms. The minimum atomic E-state index is -0.00613. The summed E-state index contributed by atoms with van der Waals surface area (Å²) >= 11 is 0. The average molecular weight is 296 g/mol. The number of amides is 1. The lowest BCUT2D eigenvalue weighted by molar-refractivity contribution is -0.685. The largest absolute Gasteiger partial charge is 1.00 e. The summed E-state index contributed by atoms with van der Waals surface area (Å²) in [5, 5.41) is 11.4. The monoisotopic (exact) mass is 295 g/mol. The molecule has 0 aliphatic carbocycles. The SMILES string of the molecule is C=CCN(CC=C)C(=O)C[n+]1ccc(/C=N/O)cc1.[Cl-]. The van der Waals surface area contributed by atoms with Gasteiger partial charge in [0.05, 0.1) is 6.21 Å². The van der Waals surface area contributed by atoms with E-state index in [1.807, 2.05) is 0 Å². The molecule has 0 aliphatic heterocycles. The van der Waals surface area contributed by atoms with Gasteiger partial charge in [-0.2, -0.15) is 4.57 Å². The number of carbonyl (C=O) groups excluding carboxylic acids is 1. The van der Waals surface area contributed by atoms with Crippen LogP contribution in [0.3, 0.4) is 0 Å². The van der Waals surface area contributed by atoms with Gasteiger partial charge >= 0.3 is 0 Å². The van der Waals surface area contributed by atoms with Crippen LogP contribution in [0.4, 0.5) is 0 Å². The van der Waals surface area contributed by atoms with E-state index in [0.717, 1.165) is 5.56 Å². The fraction of sp³-hybridized carbons (Fsp3) is 0.214. The van der Waals surface area contributed by atoms with E-state index in [4.69, 9.17) is 5.21 Å². The van der Waals surface area contributed by atoms with Gasteiger partial charge in [-0.3, -0.25) is 4.79 Å². The highest BCUT2D eigenvalue weighted by molar-refractivity contribution is 5.78. The zero-order valence-corrected chi connectivity index (χ0v) is 11.9. The predicted molar refractivity (Wildman–Crippen MR) is 73.0 cm³/mol. The van der Waals surface area contributed by atoms with Crippen molar-refractivity contribution in [1.82, 2.24) is 4.90 Å². The lowest BCUT2D eigenvalue weighted by Crippen LogP contribution is -3.00. The van der Waals surface area contributed by atoms with Crippen LogP contribution < -0.4 is 17.0 Å². The average Bonchev–Trinajstić information content (AvgIpc) is 2.41. The first-order valence-electron chi connectivity index (χ1n) is 5.87. The van der Waals surface area contributed by atoms with Crippen LogP contribution in [0.15, 0.2) is 55.0 Å². The highest BCUT2D eigenvalue weighted by Gasteiger charge is 2.15. The van der Waals surface area contributed by atoms with Gasteiger partial charge in [0, 0.05) is 30.8 Å². The third-order valence-electron chi connectivity index (χ3n) is 2.49. The number of hydrogen-bond donors (Lipinski definition) is 1. The van der Waals surface area contributed by atoms with E-state index in [2.05, 4.69) is 18.3 Å². The molecular weight excluding hydrogens is 278 g/mol.